The van der Waals surface area contributed by atoms with E-state index in [0.717, 1.165) is 101 Å². The van der Waals surface area contributed by atoms with Crippen molar-refractivity contribution in [3.63, 3.8) is 0 Å². The summed E-state index contributed by atoms with van der Waals surface area (Å²) in [6.07, 6.45) is 10.1. The Morgan fingerprint density at radius 3 is 1.59 bits per heavy atom. The van der Waals surface area contributed by atoms with Crippen molar-refractivity contribution in [3.8, 4) is 11.5 Å². The third-order valence-corrected chi connectivity index (χ3v) is 13.4. The highest BCUT2D eigenvalue weighted by atomic mass is 32.2. The van der Waals surface area contributed by atoms with Gasteiger partial charge in [-0.05, 0) is 66.6 Å². The standard InChI is InChI=1S/C21H28N4OS.C19H25N5O2S/c1-16(18-5-4-17-8-13-26-20(17)14-18)24-9-11-25(12-10-24)21-7-6-19(15-23-21)27(2,3)22;1-14(16-4-3-15-5-10-26-18(15)11-16)23-6-8-24(9-7-23)19-21-12-17(13-22-19)27(2,20)25/h4-7,14-16,22H,2,8-13H2,1,3H3;3-4,11-14,20H,5-10H2,1-2H3/t;14?,27-/m.1/s1. The van der Waals surface area contributed by atoms with Crippen LogP contribution in [0.3, 0.4) is 0 Å². The van der Waals surface area contributed by atoms with E-state index in [1.54, 1.807) is 0 Å². The fourth-order valence-corrected chi connectivity index (χ4v) is 8.62. The lowest BCUT2D eigenvalue weighted by molar-refractivity contribution is 0.197. The number of nitrogens with zero attached hydrogens (tertiary/aromatic N) is 7. The number of aromatic nitrogens is 3. The molecule has 0 bridgehead atoms. The van der Waals surface area contributed by atoms with Gasteiger partial charge in [-0.3, -0.25) is 14.6 Å². The van der Waals surface area contributed by atoms with Gasteiger partial charge in [0.15, 0.2) is 0 Å². The van der Waals surface area contributed by atoms with Gasteiger partial charge in [0.1, 0.15) is 17.3 Å². The number of fused-ring (bicyclic) bond motifs is 2. The second-order valence-corrected chi connectivity index (χ2v) is 19.6. The van der Waals surface area contributed by atoms with Gasteiger partial charge in [0, 0.05) is 107 Å². The molecule has 4 aliphatic heterocycles. The lowest BCUT2D eigenvalue weighted by Gasteiger charge is -2.38. The quantitative estimate of drug-likeness (QED) is 0.219. The van der Waals surface area contributed by atoms with E-state index in [-0.39, 0.29) is 0 Å². The van der Waals surface area contributed by atoms with Crippen molar-refractivity contribution in [3.05, 3.63) is 89.4 Å². The normalized spacial score (nSPS) is 20.6. The molecule has 0 spiro atoms. The van der Waals surface area contributed by atoms with Crippen molar-refractivity contribution < 1.29 is 13.7 Å². The Balaban J connectivity index is 0.000000167. The van der Waals surface area contributed by atoms with E-state index in [2.05, 4.69) is 90.7 Å². The van der Waals surface area contributed by atoms with E-state index >= 15 is 0 Å². The van der Waals surface area contributed by atoms with Crippen LogP contribution in [-0.4, -0.2) is 113 Å². The van der Waals surface area contributed by atoms with Gasteiger partial charge in [-0.1, -0.05) is 30.1 Å². The molecule has 2 aromatic carbocycles. The van der Waals surface area contributed by atoms with Crippen LogP contribution in [0.5, 0.6) is 11.5 Å². The van der Waals surface area contributed by atoms with E-state index in [1.165, 1.54) is 40.9 Å². The molecule has 0 amide bonds. The molecule has 12 nitrogen and oxygen atoms in total. The first-order valence-electron chi connectivity index (χ1n) is 18.7. The zero-order chi connectivity index (χ0) is 38.0. The van der Waals surface area contributed by atoms with Gasteiger partial charge in [-0.15, -0.1) is 9.41 Å². The maximum absolute atomic E-state index is 11.8. The van der Waals surface area contributed by atoms with E-state index < -0.39 is 19.1 Å². The first-order valence-corrected chi connectivity index (χ1v) is 22.9. The summed E-state index contributed by atoms with van der Waals surface area (Å²) in [6.45, 7) is 13.6. The van der Waals surface area contributed by atoms with Crippen LogP contribution in [0.1, 0.15) is 48.2 Å². The zero-order valence-corrected chi connectivity index (χ0v) is 33.5. The maximum atomic E-state index is 11.8. The van der Waals surface area contributed by atoms with Crippen LogP contribution in [0.4, 0.5) is 11.8 Å². The molecule has 4 aromatic rings. The van der Waals surface area contributed by atoms with Crippen molar-refractivity contribution in [2.75, 3.05) is 87.9 Å². The smallest absolute Gasteiger partial charge is 0.225 e. The van der Waals surface area contributed by atoms with Gasteiger partial charge in [0.2, 0.25) is 5.95 Å². The molecule has 8 rings (SSSR count). The Morgan fingerprint density at radius 2 is 1.15 bits per heavy atom. The third-order valence-electron chi connectivity index (χ3n) is 11.0. The minimum atomic E-state index is -2.77. The minimum absolute atomic E-state index is 0.332. The van der Waals surface area contributed by atoms with Crippen LogP contribution >= 0.6 is 0 Å². The molecule has 0 radical (unpaired) electrons. The van der Waals surface area contributed by atoms with Gasteiger partial charge < -0.3 is 19.3 Å². The average molecular weight is 772 g/mol. The van der Waals surface area contributed by atoms with E-state index in [9.17, 15) is 4.21 Å². The molecule has 6 heterocycles. The number of hydrogen-bond donors (Lipinski definition) is 2. The molecule has 288 valence electrons. The number of hydrogen-bond acceptors (Lipinski definition) is 12. The van der Waals surface area contributed by atoms with Crippen LogP contribution < -0.4 is 19.3 Å². The minimum Gasteiger partial charge on any atom is -0.493 e. The highest BCUT2D eigenvalue weighted by Gasteiger charge is 2.26. The Kier molecular flexibility index (Phi) is 11.2. The summed E-state index contributed by atoms with van der Waals surface area (Å²) in [4.78, 5) is 24.0. The van der Waals surface area contributed by atoms with E-state index in [4.69, 9.17) is 19.0 Å². The Hall–Kier alpha value is -4.24. The Labute approximate surface area is 321 Å². The number of rotatable bonds is 8. The molecule has 3 unspecified atom stereocenters. The predicted molar refractivity (Wildman–Crippen MR) is 218 cm³/mol. The van der Waals surface area contributed by atoms with Gasteiger partial charge in [0.25, 0.3) is 0 Å². The van der Waals surface area contributed by atoms with Crippen LogP contribution in [0.25, 0.3) is 0 Å². The van der Waals surface area contributed by atoms with Gasteiger partial charge in [-0.2, -0.15) is 0 Å². The second kappa shape index (κ2) is 15.9. The molecule has 2 N–H and O–H groups in total. The second-order valence-electron chi connectivity index (χ2n) is 14.8. The topological polar surface area (TPSA) is 135 Å². The molecule has 14 heteroatoms. The first-order chi connectivity index (χ1) is 25.8. The summed E-state index contributed by atoms with van der Waals surface area (Å²) >= 11 is 0. The molecule has 2 saturated heterocycles. The first kappa shape index (κ1) is 38.1. The fourth-order valence-electron chi connectivity index (χ4n) is 7.45. The highest BCUT2D eigenvalue weighted by Crippen LogP contribution is 2.33. The molecule has 2 fully saturated rings. The van der Waals surface area contributed by atoms with E-state index in [1.807, 2.05) is 24.6 Å². The molecular weight excluding hydrogens is 719 g/mol. The summed E-state index contributed by atoms with van der Waals surface area (Å²) in [5.41, 5.74) is 5.26. The van der Waals surface area contributed by atoms with Crippen molar-refractivity contribution >= 4 is 36.8 Å². The lowest BCUT2D eigenvalue weighted by atomic mass is 10.0. The van der Waals surface area contributed by atoms with Crippen LogP contribution in [-0.2, 0) is 32.0 Å². The number of anilines is 2. The Bertz CT molecular complexity index is 1990. The summed E-state index contributed by atoms with van der Waals surface area (Å²) < 4.78 is 38.9. The number of pyridine rings is 1. The largest absolute Gasteiger partial charge is 0.493 e. The van der Waals surface area contributed by atoms with Gasteiger partial charge in [0.05, 0.1) is 27.8 Å². The number of nitrogens with one attached hydrogen (secondary N) is 2. The van der Waals surface area contributed by atoms with Crippen molar-refractivity contribution in [2.24, 2.45) is 0 Å². The van der Waals surface area contributed by atoms with Gasteiger partial charge >= 0.3 is 0 Å². The Morgan fingerprint density at radius 1 is 0.667 bits per heavy atom. The highest BCUT2D eigenvalue weighted by molar-refractivity contribution is 8.00. The average Bonchev–Trinajstić information content (AvgIpc) is 3.86. The molecule has 4 atom stereocenters. The maximum Gasteiger partial charge on any atom is 0.225 e. The molecule has 4 aliphatic rings. The summed E-state index contributed by atoms with van der Waals surface area (Å²) in [5, 5.41) is 0. The predicted octanol–water partition coefficient (Wildman–Crippen LogP) is 5.57. The molecule has 0 aliphatic carbocycles. The SMILES string of the molecule is C=S(C)(=N)c1ccc(N2CCN(C(C)c3ccc4c(c3)OCC4)CC2)nc1.CC(c1ccc2c(c1)OCC2)N1CCN(c2ncc([S@](C)(=N)=O)cn2)CC1. The summed E-state index contributed by atoms with van der Waals surface area (Å²) in [6, 6.07) is 18.1. The lowest BCUT2D eigenvalue weighted by Crippen LogP contribution is -2.47. The van der Waals surface area contributed by atoms with Crippen LogP contribution in [0.15, 0.2) is 76.9 Å². The monoisotopic (exact) mass is 771 g/mol. The molecular formula is C40H53N9O3S2. The fraction of sp³-hybridized carbons (Fsp3) is 0.450. The van der Waals surface area contributed by atoms with Gasteiger partial charge in [-0.25, -0.2) is 23.9 Å². The molecule has 2 aromatic heterocycles. The summed E-state index contributed by atoms with van der Waals surface area (Å²) in [7, 11) is -4.47. The third kappa shape index (κ3) is 8.67. The molecule has 0 saturated carbocycles. The number of piperazine rings is 2. The summed E-state index contributed by atoms with van der Waals surface area (Å²) in [5.74, 6) is 7.68. The van der Waals surface area contributed by atoms with E-state index in [0.29, 0.717) is 22.9 Å². The van der Waals surface area contributed by atoms with Crippen molar-refractivity contribution in [1.82, 2.24) is 24.8 Å². The van der Waals surface area contributed by atoms with Crippen LogP contribution in [0.2, 0.25) is 0 Å². The van der Waals surface area contributed by atoms with Crippen molar-refractivity contribution in [1.29, 1.82) is 9.56 Å². The number of ether oxygens (including phenoxy) is 2. The van der Waals surface area contributed by atoms with Crippen LogP contribution in [0, 0.1) is 9.56 Å². The zero-order valence-electron chi connectivity index (χ0n) is 31.9. The van der Waals surface area contributed by atoms with Crippen molar-refractivity contribution in [2.45, 2.75) is 48.6 Å². The molecule has 54 heavy (non-hydrogen) atoms. The number of benzene rings is 2.